The van der Waals surface area contributed by atoms with Crippen molar-refractivity contribution < 1.29 is 17.9 Å². The molecule has 5 nitrogen and oxygen atoms in total. The molecule has 0 heterocycles. The number of carbonyl (C=O) groups excluding carboxylic acids is 1. The molecule has 0 N–H and O–H groups in total. The van der Waals surface area contributed by atoms with Gasteiger partial charge in [0.1, 0.15) is 12.3 Å². The molecule has 2 aromatic rings. The first kappa shape index (κ1) is 17.3. The van der Waals surface area contributed by atoms with Gasteiger partial charge in [0, 0.05) is 0 Å². The van der Waals surface area contributed by atoms with Crippen LogP contribution < -0.4 is 9.04 Å². The van der Waals surface area contributed by atoms with Gasteiger partial charge in [0.25, 0.3) is 10.0 Å². The summed E-state index contributed by atoms with van der Waals surface area (Å²) in [5.41, 5.74) is 1.27. The van der Waals surface area contributed by atoms with E-state index in [0.717, 1.165) is 9.87 Å². The molecule has 0 atom stereocenters. The number of ether oxygens (including phenoxy) is 1. The first-order valence-corrected chi connectivity index (χ1v) is 8.58. The maximum Gasteiger partial charge on any atom is 0.264 e. The summed E-state index contributed by atoms with van der Waals surface area (Å²) >= 11 is 5.43. The molecule has 0 aliphatic heterocycles. The van der Waals surface area contributed by atoms with Crippen molar-refractivity contribution in [3.05, 3.63) is 54.1 Å². The van der Waals surface area contributed by atoms with Gasteiger partial charge in [-0.3, -0.25) is 9.10 Å². The van der Waals surface area contributed by atoms with E-state index in [9.17, 15) is 13.2 Å². The maximum atomic E-state index is 12.8. The zero-order chi connectivity index (χ0) is 17.0. The molecule has 0 saturated heterocycles. The molecule has 2 aromatic carbocycles. The van der Waals surface area contributed by atoms with Crippen LogP contribution in [0.4, 0.5) is 5.69 Å². The van der Waals surface area contributed by atoms with Gasteiger partial charge in [0.2, 0.25) is 5.24 Å². The molecule has 0 amide bonds. The summed E-state index contributed by atoms with van der Waals surface area (Å²) in [6.07, 6.45) is 0. The molecule has 0 fully saturated rings. The number of nitrogens with zero attached hydrogens (tertiary/aromatic N) is 1. The van der Waals surface area contributed by atoms with Gasteiger partial charge < -0.3 is 4.74 Å². The Bertz CT molecular complexity index is 786. The number of benzene rings is 2. The van der Waals surface area contributed by atoms with Crippen molar-refractivity contribution in [3.63, 3.8) is 0 Å². The van der Waals surface area contributed by atoms with Gasteiger partial charge in [-0.05, 0) is 54.9 Å². The molecule has 0 aliphatic rings. The van der Waals surface area contributed by atoms with Crippen LogP contribution in [0.15, 0.2) is 53.4 Å². The molecule has 0 aliphatic carbocycles. The fourth-order valence-corrected chi connectivity index (χ4v) is 3.63. The molecule has 122 valence electrons. The Labute approximate surface area is 140 Å². The monoisotopic (exact) mass is 353 g/mol. The Hall–Kier alpha value is -2.05. The number of rotatable bonds is 6. The van der Waals surface area contributed by atoms with Gasteiger partial charge in [-0.15, -0.1) is 0 Å². The molecule has 0 spiro atoms. The lowest BCUT2D eigenvalue weighted by atomic mass is 10.2. The van der Waals surface area contributed by atoms with E-state index in [-0.39, 0.29) is 4.90 Å². The SMILES string of the molecule is COc1ccc(N(CC(=O)Cl)S(=O)(=O)c2ccc(C)cc2)cc1. The quantitative estimate of drug-likeness (QED) is 0.749. The summed E-state index contributed by atoms with van der Waals surface area (Å²) in [5.74, 6) is 0.582. The Morgan fingerprint density at radius 2 is 1.65 bits per heavy atom. The van der Waals surface area contributed by atoms with E-state index in [2.05, 4.69) is 0 Å². The normalized spacial score (nSPS) is 11.1. The molecule has 0 saturated carbocycles. The summed E-state index contributed by atoms with van der Waals surface area (Å²) in [7, 11) is -2.39. The van der Waals surface area contributed by atoms with Crippen LogP contribution in [0, 0.1) is 6.92 Å². The molecular formula is C16H16ClNO4S. The average molecular weight is 354 g/mol. The Kier molecular flexibility index (Phi) is 5.28. The second kappa shape index (κ2) is 7.02. The van der Waals surface area contributed by atoms with Crippen molar-refractivity contribution in [1.29, 1.82) is 0 Å². The summed E-state index contributed by atoms with van der Waals surface area (Å²) in [6.45, 7) is 1.41. The lowest BCUT2D eigenvalue weighted by Crippen LogP contribution is -2.34. The van der Waals surface area contributed by atoms with Crippen LogP contribution in [0.3, 0.4) is 0 Å². The lowest BCUT2D eigenvalue weighted by molar-refractivity contribution is -0.110. The van der Waals surface area contributed by atoms with Crippen molar-refractivity contribution in [3.8, 4) is 5.75 Å². The topological polar surface area (TPSA) is 63.7 Å². The third kappa shape index (κ3) is 4.03. The first-order valence-electron chi connectivity index (χ1n) is 6.76. The smallest absolute Gasteiger partial charge is 0.264 e. The number of hydrogen-bond donors (Lipinski definition) is 0. The number of carbonyl (C=O) groups is 1. The lowest BCUT2D eigenvalue weighted by Gasteiger charge is -2.23. The Balaban J connectivity index is 2.48. The number of aryl methyl sites for hydroxylation is 1. The van der Waals surface area contributed by atoms with E-state index < -0.39 is 21.8 Å². The van der Waals surface area contributed by atoms with Crippen LogP contribution in [-0.2, 0) is 14.8 Å². The van der Waals surface area contributed by atoms with Crippen LogP contribution in [0.5, 0.6) is 5.75 Å². The molecule has 0 unspecified atom stereocenters. The minimum atomic E-state index is -3.90. The van der Waals surface area contributed by atoms with E-state index in [1.54, 1.807) is 36.4 Å². The van der Waals surface area contributed by atoms with Crippen LogP contribution in [0.1, 0.15) is 5.56 Å². The minimum Gasteiger partial charge on any atom is -0.497 e. The van der Waals surface area contributed by atoms with Crippen LogP contribution >= 0.6 is 11.6 Å². The average Bonchev–Trinajstić information content (AvgIpc) is 2.53. The molecular weight excluding hydrogens is 338 g/mol. The van der Waals surface area contributed by atoms with E-state index in [1.165, 1.54) is 19.2 Å². The summed E-state index contributed by atoms with van der Waals surface area (Å²) in [4.78, 5) is 11.4. The van der Waals surface area contributed by atoms with E-state index in [0.29, 0.717) is 11.4 Å². The van der Waals surface area contributed by atoms with Gasteiger partial charge >= 0.3 is 0 Å². The molecule has 0 radical (unpaired) electrons. The number of sulfonamides is 1. The van der Waals surface area contributed by atoms with Crippen molar-refractivity contribution >= 4 is 32.6 Å². The van der Waals surface area contributed by atoms with Crippen molar-refractivity contribution in [2.45, 2.75) is 11.8 Å². The van der Waals surface area contributed by atoms with Gasteiger partial charge in [-0.1, -0.05) is 17.7 Å². The molecule has 23 heavy (non-hydrogen) atoms. The largest absolute Gasteiger partial charge is 0.497 e. The molecule has 0 bridgehead atoms. The Morgan fingerprint density at radius 1 is 1.09 bits per heavy atom. The summed E-state index contributed by atoms with van der Waals surface area (Å²) < 4.78 is 31.7. The van der Waals surface area contributed by atoms with Gasteiger partial charge in [-0.25, -0.2) is 8.42 Å². The summed E-state index contributed by atoms with van der Waals surface area (Å²) in [5, 5.41) is -0.767. The summed E-state index contributed by atoms with van der Waals surface area (Å²) in [6, 6.07) is 12.7. The van der Waals surface area contributed by atoms with Crippen molar-refractivity contribution in [2.75, 3.05) is 18.0 Å². The fourth-order valence-electron chi connectivity index (χ4n) is 2.01. The van der Waals surface area contributed by atoms with E-state index >= 15 is 0 Å². The van der Waals surface area contributed by atoms with Gasteiger partial charge in [0.05, 0.1) is 17.7 Å². The third-order valence-corrected chi connectivity index (χ3v) is 5.14. The molecule has 0 aromatic heterocycles. The Morgan fingerprint density at radius 3 is 2.13 bits per heavy atom. The number of methoxy groups -OCH3 is 1. The van der Waals surface area contributed by atoms with E-state index in [1.807, 2.05) is 6.92 Å². The number of anilines is 1. The first-order chi connectivity index (χ1) is 10.8. The highest BCUT2D eigenvalue weighted by atomic mass is 35.5. The van der Waals surface area contributed by atoms with Crippen LogP contribution in [0.25, 0.3) is 0 Å². The second-order valence-corrected chi connectivity index (χ2v) is 7.16. The predicted octanol–water partition coefficient (Wildman–Crippen LogP) is 2.96. The second-order valence-electron chi connectivity index (χ2n) is 4.88. The van der Waals surface area contributed by atoms with Crippen LogP contribution in [0.2, 0.25) is 0 Å². The number of halogens is 1. The number of hydrogen-bond acceptors (Lipinski definition) is 4. The maximum absolute atomic E-state index is 12.8. The zero-order valence-corrected chi connectivity index (χ0v) is 14.3. The fraction of sp³-hybridized carbons (Fsp3) is 0.188. The highest BCUT2D eigenvalue weighted by Crippen LogP contribution is 2.26. The third-order valence-electron chi connectivity index (χ3n) is 3.24. The highest BCUT2D eigenvalue weighted by Gasteiger charge is 2.26. The minimum absolute atomic E-state index is 0.0943. The van der Waals surface area contributed by atoms with Crippen LogP contribution in [-0.4, -0.2) is 27.3 Å². The van der Waals surface area contributed by atoms with Gasteiger partial charge in [0.15, 0.2) is 0 Å². The predicted molar refractivity (Wildman–Crippen MR) is 89.6 cm³/mol. The standard InChI is InChI=1S/C16H16ClNO4S/c1-12-3-9-15(10-4-12)23(20,21)18(11-16(17)19)13-5-7-14(22-2)8-6-13/h3-10H,11H2,1-2H3. The van der Waals surface area contributed by atoms with Crippen molar-refractivity contribution in [2.24, 2.45) is 0 Å². The molecule has 2 rings (SSSR count). The van der Waals surface area contributed by atoms with Crippen molar-refractivity contribution in [1.82, 2.24) is 0 Å². The molecule has 7 heteroatoms. The highest BCUT2D eigenvalue weighted by molar-refractivity contribution is 7.92. The zero-order valence-electron chi connectivity index (χ0n) is 12.7. The van der Waals surface area contributed by atoms with E-state index in [4.69, 9.17) is 16.3 Å². The van der Waals surface area contributed by atoms with Gasteiger partial charge in [-0.2, -0.15) is 0 Å².